The molecule has 1 nitrogen and oxygen atoms in total. The Balaban J connectivity index is 1.92. The third kappa shape index (κ3) is 3.74. The van der Waals surface area contributed by atoms with Gasteiger partial charge in [-0.1, -0.05) is 36.4 Å². The number of alkyl halides is 3. The molecule has 1 N–H and O–H groups in total. The highest BCUT2D eigenvalue weighted by Gasteiger charge is 2.25. The van der Waals surface area contributed by atoms with Crippen molar-refractivity contribution in [2.24, 2.45) is 0 Å². The van der Waals surface area contributed by atoms with E-state index in [2.05, 4.69) is 5.32 Å². The van der Waals surface area contributed by atoms with E-state index in [1.54, 1.807) is 0 Å². The van der Waals surface area contributed by atoms with Gasteiger partial charge in [0.15, 0.2) is 0 Å². The second kappa shape index (κ2) is 5.40. The summed E-state index contributed by atoms with van der Waals surface area (Å²) in [5, 5.41) is 5.04. The molecule has 2 aromatic rings. The lowest BCUT2D eigenvalue weighted by molar-refractivity contribution is -0.133. The summed E-state index contributed by atoms with van der Waals surface area (Å²) >= 11 is 0. The molecule has 0 heterocycles. The molecular formula is C14H14F3N. The van der Waals surface area contributed by atoms with Crippen molar-refractivity contribution < 1.29 is 13.2 Å². The van der Waals surface area contributed by atoms with E-state index in [4.69, 9.17) is 0 Å². The van der Waals surface area contributed by atoms with Gasteiger partial charge in [0.25, 0.3) is 0 Å². The molecule has 0 bridgehead atoms. The van der Waals surface area contributed by atoms with Crippen molar-refractivity contribution in [3.63, 3.8) is 0 Å². The quantitative estimate of drug-likeness (QED) is 0.815. The average molecular weight is 253 g/mol. The zero-order valence-corrected chi connectivity index (χ0v) is 9.80. The number of fused-ring (bicyclic) bond motifs is 1. The predicted octanol–water partition coefficient (Wildman–Crippen LogP) is 3.88. The maximum Gasteiger partial charge on any atom is 0.390 e. The highest BCUT2D eigenvalue weighted by Crippen LogP contribution is 2.18. The maximum atomic E-state index is 11.9. The Morgan fingerprint density at radius 1 is 0.944 bits per heavy atom. The molecule has 0 amide bonds. The Morgan fingerprint density at radius 2 is 1.67 bits per heavy atom. The molecule has 0 aliphatic rings. The van der Waals surface area contributed by atoms with Gasteiger partial charge in [-0.2, -0.15) is 13.2 Å². The summed E-state index contributed by atoms with van der Waals surface area (Å²) in [5.74, 6) is 0. The first kappa shape index (κ1) is 12.9. The molecule has 0 radical (unpaired) electrons. The van der Waals surface area contributed by atoms with Crippen molar-refractivity contribution in [1.29, 1.82) is 0 Å². The smallest absolute Gasteiger partial charge is 0.312 e. The van der Waals surface area contributed by atoms with Crippen LogP contribution in [0.25, 0.3) is 10.8 Å². The summed E-state index contributed by atoms with van der Waals surface area (Å²) in [4.78, 5) is 0. The van der Waals surface area contributed by atoms with Crippen LogP contribution in [0.4, 0.5) is 13.2 Å². The van der Waals surface area contributed by atoms with Gasteiger partial charge in [-0.15, -0.1) is 0 Å². The van der Waals surface area contributed by atoms with Gasteiger partial charge in [0.05, 0.1) is 6.42 Å². The summed E-state index contributed by atoms with van der Waals surface area (Å²) < 4.78 is 35.8. The van der Waals surface area contributed by atoms with Gasteiger partial charge >= 0.3 is 6.18 Å². The second-order valence-corrected chi connectivity index (χ2v) is 4.22. The third-order valence-electron chi connectivity index (χ3n) is 2.73. The number of halogens is 3. The molecule has 0 fully saturated rings. The van der Waals surface area contributed by atoms with E-state index in [9.17, 15) is 13.2 Å². The fourth-order valence-corrected chi connectivity index (χ4v) is 1.81. The maximum absolute atomic E-state index is 11.9. The number of hydrogen-bond acceptors (Lipinski definition) is 1. The van der Waals surface area contributed by atoms with Crippen molar-refractivity contribution in [3.05, 3.63) is 48.0 Å². The second-order valence-electron chi connectivity index (χ2n) is 4.22. The molecule has 0 aromatic heterocycles. The van der Waals surface area contributed by atoms with E-state index in [1.165, 1.54) is 0 Å². The lowest BCUT2D eigenvalue weighted by Crippen LogP contribution is -2.21. The Labute approximate surface area is 104 Å². The van der Waals surface area contributed by atoms with Crippen molar-refractivity contribution in [2.45, 2.75) is 19.1 Å². The molecule has 2 rings (SSSR count). The summed E-state index contributed by atoms with van der Waals surface area (Å²) in [5.41, 5.74) is 0.996. The minimum atomic E-state index is -4.09. The van der Waals surface area contributed by atoms with E-state index >= 15 is 0 Å². The lowest BCUT2D eigenvalue weighted by Gasteiger charge is -2.08. The van der Waals surface area contributed by atoms with Crippen LogP contribution in [-0.4, -0.2) is 12.7 Å². The molecule has 0 saturated heterocycles. The van der Waals surface area contributed by atoms with Crippen LogP contribution >= 0.6 is 0 Å². The van der Waals surface area contributed by atoms with Crippen LogP contribution < -0.4 is 5.32 Å². The summed E-state index contributed by atoms with van der Waals surface area (Å²) in [6.45, 7) is 0.414. The van der Waals surface area contributed by atoms with Gasteiger partial charge in [0.2, 0.25) is 0 Å². The molecule has 0 aliphatic heterocycles. The van der Waals surface area contributed by atoms with Gasteiger partial charge in [0, 0.05) is 13.1 Å². The molecule has 0 atom stereocenters. The molecule has 0 aliphatic carbocycles. The van der Waals surface area contributed by atoms with Crippen molar-refractivity contribution in [3.8, 4) is 0 Å². The Morgan fingerprint density at radius 3 is 2.39 bits per heavy atom. The monoisotopic (exact) mass is 253 g/mol. The molecule has 4 heteroatoms. The van der Waals surface area contributed by atoms with Gasteiger partial charge in [-0.05, 0) is 22.4 Å². The van der Waals surface area contributed by atoms with E-state index < -0.39 is 12.6 Å². The van der Waals surface area contributed by atoms with Crippen molar-refractivity contribution in [1.82, 2.24) is 5.32 Å². The minimum absolute atomic E-state index is 0.0453. The fraction of sp³-hybridized carbons (Fsp3) is 0.286. The van der Waals surface area contributed by atoms with E-state index in [0.29, 0.717) is 6.54 Å². The van der Waals surface area contributed by atoms with Crippen molar-refractivity contribution in [2.75, 3.05) is 6.54 Å². The van der Waals surface area contributed by atoms with E-state index in [-0.39, 0.29) is 6.54 Å². The largest absolute Gasteiger partial charge is 0.390 e. The molecular weight excluding hydrogens is 239 g/mol. The lowest BCUT2D eigenvalue weighted by atomic mass is 10.1. The zero-order valence-electron chi connectivity index (χ0n) is 9.80. The number of rotatable bonds is 4. The van der Waals surface area contributed by atoms with Crippen LogP contribution in [-0.2, 0) is 6.54 Å². The van der Waals surface area contributed by atoms with Gasteiger partial charge in [-0.25, -0.2) is 0 Å². The number of nitrogens with one attached hydrogen (secondary N) is 1. The summed E-state index contributed by atoms with van der Waals surface area (Å²) in [7, 11) is 0. The summed E-state index contributed by atoms with van der Waals surface area (Å²) in [6, 6.07) is 13.8. The van der Waals surface area contributed by atoms with Gasteiger partial charge in [0.1, 0.15) is 0 Å². The number of benzene rings is 2. The minimum Gasteiger partial charge on any atom is -0.312 e. The van der Waals surface area contributed by atoms with Crippen LogP contribution in [0.15, 0.2) is 42.5 Å². The van der Waals surface area contributed by atoms with Crippen LogP contribution in [0.2, 0.25) is 0 Å². The molecule has 0 unspecified atom stereocenters. The highest BCUT2D eigenvalue weighted by atomic mass is 19.4. The Hall–Kier alpha value is -1.55. The van der Waals surface area contributed by atoms with Gasteiger partial charge < -0.3 is 5.32 Å². The van der Waals surface area contributed by atoms with Crippen LogP contribution in [0, 0.1) is 0 Å². The van der Waals surface area contributed by atoms with Crippen LogP contribution in [0.5, 0.6) is 0 Å². The normalized spacial score (nSPS) is 11.9. The first-order chi connectivity index (χ1) is 8.54. The molecule has 0 spiro atoms. The first-order valence-corrected chi connectivity index (χ1v) is 5.80. The molecule has 2 aromatic carbocycles. The standard InChI is InChI=1S/C14H14F3N/c15-14(16,17)7-8-18-10-11-5-6-12-3-1-2-4-13(12)9-11/h1-6,9,18H,7-8,10H2. The van der Waals surface area contributed by atoms with E-state index in [0.717, 1.165) is 16.3 Å². The Bertz CT molecular complexity index is 520. The number of hydrogen-bond donors (Lipinski definition) is 1. The fourth-order valence-electron chi connectivity index (χ4n) is 1.81. The van der Waals surface area contributed by atoms with Crippen molar-refractivity contribution >= 4 is 10.8 Å². The highest BCUT2D eigenvalue weighted by molar-refractivity contribution is 5.82. The van der Waals surface area contributed by atoms with Gasteiger partial charge in [-0.3, -0.25) is 0 Å². The molecule has 18 heavy (non-hydrogen) atoms. The van der Waals surface area contributed by atoms with Crippen LogP contribution in [0.3, 0.4) is 0 Å². The topological polar surface area (TPSA) is 12.0 Å². The molecule has 0 saturated carbocycles. The molecule has 96 valence electrons. The third-order valence-corrected chi connectivity index (χ3v) is 2.73. The Kier molecular flexibility index (Phi) is 3.87. The first-order valence-electron chi connectivity index (χ1n) is 5.80. The SMILES string of the molecule is FC(F)(F)CCNCc1ccc2ccccc2c1. The summed E-state index contributed by atoms with van der Waals surface area (Å²) in [6.07, 6.45) is -4.88. The zero-order chi connectivity index (χ0) is 13.0. The van der Waals surface area contributed by atoms with E-state index in [1.807, 2.05) is 42.5 Å². The van der Waals surface area contributed by atoms with Crippen LogP contribution in [0.1, 0.15) is 12.0 Å². The predicted molar refractivity (Wildman–Crippen MR) is 66.3 cm³/mol. The average Bonchev–Trinajstić information content (AvgIpc) is 2.33.